The molecule has 174 valence electrons. The zero-order valence-corrected chi connectivity index (χ0v) is 18.8. The van der Waals surface area contributed by atoms with Crippen LogP contribution in [0.3, 0.4) is 0 Å². The molecule has 2 rings (SSSR count). The maximum Gasteiger partial charge on any atom is 0.349 e. The van der Waals surface area contributed by atoms with Gasteiger partial charge in [-0.15, -0.1) is 0 Å². The van der Waals surface area contributed by atoms with Gasteiger partial charge in [-0.1, -0.05) is 18.2 Å². The topological polar surface area (TPSA) is 116 Å². The van der Waals surface area contributed by atoms with Crippen LogP contribution >= 0.6 is 0 Å². The molecular formula is C24H26N2O7. The predicted molar refractivity (Wildman–Crippen MR) is 120 cm³/mol. The molecule has 0 fully saturated rings. The summed E-state index contributed by atoms with van der Waals surface area (Å²) in [6, 6.07) is 13.5. The number of esters is 1. The maximum absolute atomic E-state index is 12.3. The van der Waals surface area contributed by atoms with Gasteiger partial charge in [0.15, 0.2) is 29.6 Å². The molecule has 0 heterocycles. The summed E-state index contributed by atoms with van der Waals surface area (Å²) in [5.41, 5.74) is 0.436. The number of hydrogen-bond donors (Lipinski definition) is 1. The molecule has 1 amide bonds. The Hall–Kier alpha value is -4.03. The van der Waals surface area contributed by atoms with E-state index in [1.807, 2.05) is 13.0 Å². The summed E-state index contributed by atoms with van der Waals surface area (Å²) >= 11 is 0. The van der Waals surface area contributed by atoms with Crippen molar-refractivity contribution in [2.45, 2.75) is 6.92 Å². The first kappa shape index (κ1) is 25.2. The van der Waals surface area contributed by atoms with Crippen LogP contribution < -0.4 is 24.3 Å². The first-order chi connectivity index (χ1) is 16.0. The van der Waals surface area contributed by atoms with Crippen molar-refractivity contribution in [2.24, 2.45) is 0 Å². The highest BCUT2D eigenvalue weighted by atomic mass is 16.6. The van der Waals surface area contributed by atoms with E-state index in [9.17, 15) is 14.9 Å². The fraction of sp³-hybridized carbons (Fsp3) is 0.292. The van der Waals surface area contributed by atoms with Crippen molar-refractivity contribution < 1.29 is 33.3 Å². The third-order valence-corrected chi connectivity index (χ3v) is 4.17. The van der Waals surface area contributed by atoms with Gasteiger partial charge >= 0.3 is 5.97 Å². The van der Waals surface area contributed by atoms with Gasteiger partial charge in [-0.3, -0.25) is 4.79 Å². The Kier molecular flexibility index (Phi) is 10.2. The Bertz CT molecular complexity index is 1030. The number of rotatable bonds is 12. The Morgan fingerprint density at radius 1 is 1.03 bits per heavy atom. The lowest BCUT2D eigenvalue weighted by atomic mass is 10.1. The summed E-state index contributed by atoms with van der Waals surface area (Å²) in [4.78, 5) is 24.4. The number of benzene rings is 2. The molecule has 33 heavy (non-hydrogen) atoms. The molecule has 0 saturated heterocycles. The highest BCUT2D eigenvalue weighted by Gasteiger charge is 2.14. The van der Waals surface area contributed by atoms with E-state index in [1.54, 1.807) is 36.4 Å². The van der Waals surface area contributed by atoms with Gasteiger partial charge in [0.1, 0.15) is 11.6 Å². The van der Waals surface area contributed by atoms with Crippen molar-refractivity contribution in [2.75, 3.05) is 40.6 Å². The average Bonchev–Trinajstić information content (AvgIpc) is 2.83. The van der Waals surface area contributed by atoms with E-state index < -0.39 is 11.9 Å². The summed E-state index contributed by atoms with van der Waals surface area (Å²) in [5.74, 6) is 0.220. The number of ether oxygens (including phenoxy) is 5. The molecule has 9 nitrogen and oxygen atoms in total. The zero-order valence-electron chi connectivity index (χ0n) is 18.8. The van der Waals surface area contributed by atoms with Gasteiger partial charge in [0.2, 0.25) is 0 Å². The highest BCUT2D eigenvalue weighted by Crippen LogP contribution is 2.30. The third-order valence-electron chi connectivity index (χ3n) is 4.17. The molecule has 2 aromatic carbocycles. The first-order valence-corrected chi connectivity index (χ1v) is 10.1. The lowest BCUT2D eigenvalue weighted by Gasteiger charge is -2.12. The summed E-state index contributed by atoms with van der Waals surface area (Å²) in [6.07, 6.45) is 1.41. The van der Waals surface area contributed by atoms with Crippen molar-refractivity contribution in [1.82, 2.24) is 5.32 Å². The van der Waals surface area contributed by atoms with Crippen molar-refractivity contribution in [3.05, 3.63) is 53.6 Å². The van der Waals surface area contributed by atoms with Crippen LogP contribution in [0.2, 0.25) is 0 Å². The summed E-state index contributed by atoms with van der Waals surface area (Å²) in [5, 5.41) is 11.9. The molecule has 0 spiro atoms. The van der Waals surface area contributed by atoms with E-state index >= 15 is 0 Å². The molecule has 0 bridgehead atoms. The standard InChI is InChI=1S/C24H26N2O7/c1-4-31-19-7-5-6-8-20(19)32-16-23(27)33-21-10-9-17(14-22(21)30-3)13-18(15-25)24(28)26-11-12-29-2/h5-10,13-14H,4,11-12,16H2,1-3H3,(H,26,28)/b18-13+. The van der Waals surface area contributed by atoms with Crippen LogP contribution in [-0.2, 0) is 14.3 Å². The fourth-order valence-electron chi connectivity index (χ4n) is 2.67. The third kappa shape index (κ3) is 7.87. The van der Waals surface area contributed by atoms with E-state index in [0.717, 1.165) is 0 Å². The van der Waals surface area contributed by atoms with Crippen molar-refractivity contribution in [3.63, 3.8) is 0 Å². The number of amides is 1. The Balaban J connectivity index is 2.06. The second-order valence-corrected chi connectivity index (χ2v) is 6.47. The Morgan fingerprint density at radius 2 is 1.76 bits per heavy atom. The van der Waals surface area contributed by atoms with E-state index in [1.165, 1.54) is 26.4 Å². The second-order valence-electron chi connectivity index (χ2n) is 6.47. The monoisotopic (exact) mass is 454 g/mol. The van der Waals surface area contributed by atoms with Gasteiger partial charge in [-0.05, 0) is 42.8 Å². The molecule has 2 aromatic rings. The molecule has 1 N–H and O–H groups in total. The number of nitrogens with zero attached hydrogens (tertiary/aromatic N) is 1. The number of methoxy groups -OCH3 is 2. The molecule has 0 radical (unpaired) electrons. The average molecular weight is 454 g/mol. The van der Waals surface area contributed by atoms with E-state index in [-0.39, 0.29) is 30.2 Å². The minimum atomic E-state index is -0.641. The van der Waals surface area contributed by atoms with E-state index in [0.29, 0.717) is 30.3 Å². The molecule has 0 aromatic heterocycles. The molecule has 0 atom stereocenters. The summed E-state index contributed by atoms with van der Waals surface area (Å²) < 4.78 is 26.5. The lowest BCUT2D eigenvalue weighted by molar-refractivity contribution is -0.136. The van der Waals surface area contributed by atoms with E-state index in [2.05, 4.69) is 5.32 Å². The molecule has 9 heteroatoms. The van der Waals surface area contributed by atoms with E-state index in [4.69, 9.17) is 23.7 Å². The molecule has 0 saturated carbocycles. The van der Waals surface area contributed by atoms with Gasteiger partial charge in [0.25, 0.3) is 5.91 Å². The van der Waals surface area contributed by atoms with Crippen molar-refractivity contribution in [1.29, 1.82) is 5.26 Å². The number of carbonyl (C=O) groups excluding carboxylic acids is 2. The zero-order chi connectivity index (χ0) is 24.1. The lowest BCUT2D eigenvalue weighted by Crippen LogP contribution is -2.27. The highest BCUT2D eigenvalue weighted by molar-refractivity contribution is 6.01. The van der Waals surface area contributed by atoms with Gasteiger partial charge < -0.3 is 29.0 Å². The minimum absolute atomic E-state index is 0.0840. The molecule has 0 unspecified atom stereocenters. The molecule has 0 aliphatic heterocycles. The minimum Gasteiger partial charge on any atom is -0.493 e. The van der Waals surface area contributed by atoms with Crippen LogP contribution in [0.5, 0.6) is 23.0 Å². The van der Waals surface area contributed by atoms with Gasteiger partial charge in [-0.2, -0.15) is 5.26 Å². The van der Waals surface area contributed by atoms with Crippen LogP contribution in [0.25, 0.3) is 6.08 Å². The van der Waals surface area contributed by atoms with Gasteiger partial charge in [-0.25, -0.2) is 4.79 Å². The van der Waals surface area contributed by atoms with Crippen LogP contribution in [0, 0.1) is 11.3 Å². The fourth-order valence-corrected chi connectivity index (χ4v) is 2.67. The number of carbonyl (C=O) groups is 2. The molecular weight excluding hydrogens is 428 g/mol. The Labute approximate surface area is 192 Å². The quantitative estimate of drug-likeness (QED) is 0.171. The molecule has 0 aliphatic rings. The van der Waals surface area contributed by atoms with Gasteiger partial charge in [0.05, 0.1) is 20.3 Å². The van der Waals surface area contributed by atoms with Crippen LogP contribution in [-0.4, -0.2) is 52.5 Å². The normalized spacial score (nSPS) is 10.7. The smallest absolute Gasteiger partial charge is 0.349 e. The summed E-state index contributed by atoms with van der Waals surface area (Å²) in [7, 11) is 2.93. The number of para-hydroxylation sites is 2. The summed E-state index contributed by atoms with van der Waals surface area (Å²) in [6.45, 7) is 2.59. The second kappa shape index (κ2) is 13.4. The number of hydrogen-bond acceptors (Lipinski definition) is 8. The maximum atomic E-state index is 12.3. The number of nitrogens with one attached hydrogen (secondary N) is 1. The Morgan fingerprint density at radius 3 is 2.39 bits per heavy atom. The first-order valence-electron chi connectivity index (χ1n) is 10.1. The SMILES string of the molecule is CCOc1ccccc1OCC(=O)Oc1ccc(/C=C(\C#N)C(=O)NCCOC)cc1OC. The van der Waals surface area contributed by atoms with Crippen LogP contribution in [0.4, 0.5) is 0 Å². The van der Waals surface area contributed by atoms with Crippen molar-refractivity contribution in [3.8, 4) is 29.1 Å². The van der Waals surface area contributed by atoms with Crippen LogP contribution in [0.1, 0.15) is 12.5 Å². The van der Waals surface area contributed by atoms with Crippen LogP contribution in [0.15, 0.2) is 48.0 Å². The largest absolute Gasteiger partial charge is 0.493 e. The van der Waals surface area contributed by atoms with Crippen molar-refractivity contribution >= 4 is 18.0 Å². The van der Waals surface area contributed by atoms with Gasteiger partial charge in [0, 0.05) is 13.7 Å². The number of nitriles is 1. The predicted octanol–water partition coefficient (Wildman–Crippen LogP) is 2.75. The molecule has 0 aliphatic carbocycles.